The van der Waals surface area contributed by atoms with Gasteiger partial charge in [-0.15, -0.1) is 0 Å². The molecule has 0 amide bonds. The molecule has 0 N–H and O–H groups in total. The quantitative estimate of drug-likeness (QED) is 0.622. The highest BCUT2D eigenvalue weighted by molar-refractivity contribution is 9.10. The topological polar surface area (TPSA) is 76.2 Å². The van der Waals surface area contributed by atoms with Gasteiger partial charge in [0.05, 0.1) is 10.5 Å². The van der Waals surface area contributed by atoms with Gasteiger partial charge < -0.3 is 4.74 Å². The van der Waals surface area contributed by atoms with Crippen LogP contribution in [0.15, 0.2) is 40.9 Å². The monoisotopic (exact) mass is 336 g/mol. The first-order valence-electron chi connectivity index (χ1n) is 5.33. The van der Waals surface area contributed by atoms with E-state index in [1.54, 1.807) is 6.07 Å². The van der Waals surface area contributed by atoms with Crippen molar-refractivity contribution in [2.45, 2.75) is 0 Å². The van der Waals surface area contributed by atoms with Crippen LogP contribution in [0.25, 0.3) is 0 Å². The number of nitriles is 1. The molecule has 0 atom stereocenters. The largest absolute Gasteiger partial charge is 0.446 e. The second-order valence-electron chi connectivity index (χ2n) is 3.70. The number of para-hydroxylation sites is 1. The summed E-state index contributed by atoms with van der Waals surface area (Å²) in [7, 11) is 0. The Labute approximate surface area is 121 Å². The summed E-state index contributed by atoms with van der Waals surface area (Å²) in [5.74, 6) is -1.36. The molecule has 0 bridgehead atoms. The summed E-state index contributed by atoms with van der Waals surface area (Å²) in [4.78, 5) is 10.1. The first kappa shape index (κ1) is 14.0. The van der Waals surface area contributed by atoms with Crippen LogP contribution in [0.3, 0.4) is 0 Å². The van der Waals surface area contributed by atoms with Gasteiger partial charge in [0.2, 0.25) is 5.75 Å². The minimum Gasteiger partial charge on any atom is -0.446 e. The van der Waals surface area contributed by atoms with Gasteiger partial charge in [-0.2, -0.15) is 5.26 Å². The summed E-state index contributed by atoms with van der Waals surface area (Å²) in [5.41, 5.74) is -0.361. The third-order valence-corrected chi connectivity index (χ3v) is 2.91. The van der Waals surface area contributed by atoms with E-state index in [1.807, 2.05) is 6.07 Å². The number of ether oxygens (including phenoxy) is 1. The van der Waals surface area contributed by atoms with E-state index in [0.717, 1.165) is 12.1 Å². The van der Waals surface area contributed by atoms with Crippen LogP contribution in [0.4, 0.5) is 10.1 Å². The summed E-state index contributed by atoms with van der Waals surface area (Å²) in [6.07, 6.45) is 0. The molecule has 0 radical (unpaired) electrons. The molecule has 0 fully saturated rings. The highest BCUT2D eigenvalue weighted by Crippen LogP contribution is 2.36. The van der Waals surface area contributed by atoms with Crippen molar-refractivity contribution in [1.82, 2.24) is 0 Å². The fraction of sp³-hybridized carbons (Fsp3) is 0. The lowest BCUT2D eigenvalue weighted by Gasteiger charge is -2.09. The van der Waals surface area contributed by atoms with Crippen LogP contribution in [-0.4, -0.2) is 4.92 Å². The molecule has 0 heterocycles. The third-order valence-electron chi connectivity index (χ3n) is 2.42. The lowest BCUT2D eigenvalue weighted by atomic mass is 10.2. The normalized spacial score (nSPS) is 9.85. The fourth-order valence-electron chi connectivity index (χ4n) is 1.53. The predicted octanol–water partition coefficient (Wildman–Crippen LogP) is 4.16. The molecule has 2 aromatic carbocycles. The molecule has 0 aliphatic carbocycles. The van der Waals surface area contributed by atoms with E-state index >= 15 is 0 Å². The Bertz CT molecular complexity index is 728. The van der Waals surface area contributed by atoms with Gasteiger partial charge >= 0.3 is 5.69 Å². The summed E-state index contributed by atoms with van der Waals surface area (Å²) in [5, 5.41) is 19.8. The van der Waals surface area contributed by atoms with E-state index in [9.17, 15) is 14.5 Å². The standard InChI is InChI=1S/C13H6BrFN2O3/c14-9-5-4-8(7-16)12(6-9)20-13-10(15)2-1-3-11(13)17(18)19/h1-6H. The first-order chi connectivity index (χ1) is 9.52. The number of halogens is 2. The van der Waals surface area contributed by atoms with Crippen LogP contribution in [0.1, 0.15) is 5.56 Å². The summed E-state index contributed by atoms with van der Waals surface area (Å²) < 4.78 is 19.5. The molecule has 20 heavy (non-hydrogen) atoms. The molecule has 5 nitrogen and oxygen atoms in total. The molecule has 2 rings (SSSR count). The van der Waals surface area contributed by atoms with Gasteiger partial charge in [-0.1, -0.05) is 22.0 Å². The number of hydrogen-bond donors (Lipinski definition) is 0. The Morgan fingerprint density at radius 3 is 2.75 bits per heavy atom. The SMILES string of the molecule is N#Cc1ccc(Br)cc1Oc1c(F)cccc1[N+](=O)[O-]. The molecule has 7 heteroatoms. The molecule has 0 saturated heterocycles. The van der Waals surface area contributed by atoms with Gasteiger partial charge in [0.15, 0.2) is 5.82 Å². The van der Waals surface area contributed by atoms with E-state index < -0.39 is 22.2 Å². The molecule has 0 spiro atoms. The maximum absolute atomic E-state index is 13.7. The van der Waals surface area contributed by atoms with Gasteiger partial charge in [0.1, 0.15) is 11.8 Å². The van der Waals surface area contributed by atoms with Crippen molar-refractivity contribution in [2.24, 2.45) is 0 Å². The maximum atomic E-state index is 13.7. The minimum atomic E-state index is -0.872. The van der Waals surface area contributed by atoms with Crippen LogP contribution in [-0.2, 0) is 0 Å². The van der Waals surface area contributed by atoms with Crippen LogP contribution >= 0.6 is 15.9 Å². The number of benzene rings is 2. The summed E-state index contributed by atoms with van der Waals surface area (Å²) in [6, 6.07) is 9.78. The Morgan fingerprint density at radius 1 is 1.35 bits per heavy atom. The average Bonchev–Trinajstić information content (AvgIpc) is 2.41. The van der Waals surface area contributed by atoms with E-state index in [-0.39, 0.29) is 11.3 Å². The third kappa shape index (κ3) is 2.75. The van der Waals surface area contributed by atoms with E-state index in [4.69, 9.17) is 10.00 Å². The van der Waals surface area contributed by atoms with Crippen molar-refractivity contribution in [3.8, 4) is 17.6 Å². The maximum Gasteiger partial charge on any atom is 0.314 e. The van der Waals surface area contributed by atoms with E-state index in [2.05, 4.69) is 15.9 Å². The smallest absolute Gasteiger partial charge is 0.314 e. The molecule has 0 aliphatic rings. The number of hydrogen-bond acceptors (Lipinski definition) is 4. The fourth-order valence-corrected chi connectivity index (χ4v) is 1.87. The molecule has 0 unspecified atom stereocenters. The zero-order valence-electron chi connectivity index (χ0n) is 9.84. The Morgan fingerprint density at radius 2 is 2.10 bits per heavy atom. The minimum absolute atomic E-state index is 0.0371. The predicted molar refractivity (Wildman–Crippen MR) is 72.0 cm³/mol. The highest BCUT2D eigenvalue weighted by atomic mass is 79.9. The van der Waals surface area contributed by atoms with Crippen molar-refractivity contribution in [3.05, 3.63) is 62.4 Å². The lowest BCUT2D eigenvalue weighted by Crippen LogP contribution is -1.97. The second-order valence-corrected chi connectivity index (χ2v) is 4.62. The van der Waals surface area contributed by atoms with Crippen molar-refractivity contribution < 1.29 is 14.1 Å². The molecule has 0 aliphatic heterocycles. The van der Waals surface area contributed by atoms with Gasteiger partial charge in [-0.25, -0.2) is 4.39 Å². The number of nitro benzene ring substituents is 1. The van der Waals surface area contributed by atoms with E-state index in [0.29, 0.717) is 4.47 Å². The summed E-state index contributed by atoms with van der Waals surface area (Å²) >= 11 is 3.19. The lowest BCUT2D eigenvalue weighted by molar-refractivity contribution is -0.385. The Hall–Kier alpha value is -2.46. The Balaban J connectivity index is 2.53. The number of rotatable bonds is 3. The van der Waals surface area contributed by atoms with Crippen LogP contribution in [0, 0.1) is 27.3 Å². The second kappa shape index (κ2) is 5.67. The van der Waals surface area contributed by atoms with Crippen molar-refractivity contribution in [3.63, 3.8) is 0 Å². The zero-order valence-corrected chi connectivity index (χ0v) is 11.4. The number of nitrogens with zero attached hydrogens (tertiary/aromatic N) is 2. The molecule has 0 saturated carbocycles. The van der Waals surface area contributed by atoms with Crippen LogP contribution < -0.4 is 4.74 Å². The van der Waals surface area contributed by atoms with E-state index in [1.165, 1.54) is 18.2 Å². The molecular weight excluding hydrogens is 331 g/mol. The van der Waals surface area contributed by atoms with Crippen LogP contribution in [0.5, 0.6) is 11.5 Å². The molecule has 100 valence electrons. The molecule has 2 aromatic rings. The van der Waals surface area contributed by atoms with Gasteiger partial charge in [-0.3, -0.25) is 10.1 Å². The van der Waals surface area contributed by atoms with Gasteiger partial charge in [0.25, 0.3) is 0 Å². The highest BCUT2D eigenvalue weighted by Gasteiger charge is 2.21. The molecular formula is C13H6BrFN2O3. The van der Waals surface area contributed by atoms with Crippen molar-refractivity contribution >= 4 is 21.6 Å². The first-order valence-corrected chi connectivity index (χ1v) is 6.12. The van der Waals surface area contributed by atoms with Gasteiger partial charge in [0, 0.05) is 10.5 Å². The zero-order chi connectivity index (χ0) is 14.7. The Kier molecular flexibility index (Phi) is 3.96. The average molecular weight is 337 g/mol. The van der Waals surface area contributed by atoms with Gasteiger partial charge in [-0.05, 0) is 24.3 Å². The van der Waals surface area contributed by atoms with Crippen LogP contribution in [0.2, 0.25) is 0 Å². The van der Waals surface area contributed by atoms with Crippen molar-refractivity contribution in [1.29, 1.82) is 5.26 Å². The van der Waals surface area contributed by atoms with Crippen molar-refractivity contribution in [2.75, 3.05) is 0 Å². The summed E-state index contributed by atoms with van der Waals surface area (Å²) in [6.45, 7) is 0. The number of nitro groups is 1. The molecule has 0 aromatic heterocycles.